The second-order valence-electron chi connectivity index (χ2n) is 1.74. The van der Waals surface area contributed by atoms with Gasteiger partial charge in [0.25, 0.3) is 0 Å². The van der Waals surface area contributed by atoms with Crippen LogP contribution in [0.5, 0.6) is 0 Å². The molecule has 51 valence electrons. The number of hydrogen-bond donors (Lipinski definition) is 1. The molecule has 0 rings (SSSR count). The Balaban J connectivity index is 2.94. The average Bonchev–Trinajstić information content (AvgIpc) is 1.89. The Labute approximate surface area is 56.0 Å². The molecule has 0 atom stereocenters. The van der Waals surface area contributed by atoms with Gasteiger partial charge in [0.1, 0.15) is 0 Å². The van der Waals surface area contributed by atoms with Crippen molar-refractivity contribution in [2.45, 2.75) is 19.8 Å². The van der Waals surface area contributed by atoms with Gasteiger partial charge in [0.05, 0.1) is 0 Å². The standard InChI is InChI=1S/C7H12NO/c1-2-3-4-5-6-8-7-9/h4-5H,2-3,6H2,1H3,(H,8,9). The first-order valence-corrected chi connectivity index (χ1v) is 3.16. The lowest BCUT2D eigenvalue weighted by Crippen LogP contribution is -2.08. The van der Waals surface area contributed by atoms with Gasteiger partial charge < -0.3 is 5.32 Å². The summed E-state index contributed by atoms with van der Waals surface area (Å²) in [5, 5.41) is 2.41. The molecule has 0 bridgehead atoms. The highest BCUT2D eigenvalue weighted by Crippen LogP contribution is 1.86. The molecule has 1 N–H and O–H groups in total. The molecular formula is C7H12NO. The van der Waals surface area contributed by atoms with Crippen molar-refractivity contribution < 1.29 is 4.79 Å². The van der Waals surface area contributed by atoms with Gasteiger partial charge in [-0.05, 0) is 6.42 Å². The fraction of sp³-hybridized carbons (Fsp3) is 0.571. The Bertz CT molecular complexity index is 88.9. The summed E-state index contributed by atoms with van der Waals surface area (Å²) in [6.07, 6.45) is 7.80. The summed E-state index contributed by atoms with van der Waals surface area (Å²) in [7, 11) is 0. The van der Waals surface area contributed by atoms with Crippen LogP contribution in [-0.4, -0.2) is 13.0 Å². The van der Waals surface area contributed by atoms with Crippen LogP contribution < -0.4 is 5.32 Å². The summed E-state index contributed by atoms with van der Waals surface area (Å²) < 4.78 is 0. The zero-order chi connectivity index (χ0) is 6.95. The van der Waals surface area contributed by atoms with Gasteiger partial charge in [-0.3, -0.25) is 4.79 Å². The zero-order valence-corrected chi connectivity index (χ0v) is 5.68. The first-order chi connectivity index (χ1) is 4.41. The van der Waals surface area contributed by atoms with E-state index in [4.69, 9.17) is 0 Å². The molecule has 0 aliphatic carbocycles. The van der Waals surface area contributed by atoms with Crippen LogP contribution in [0.1, 0.15) is 19.8 Å². The van der Waals surface area contributed by atoms with Crippen LogP contribution >= 0.6 is 0 Å². The molecule has 0 unspecified atom stereocenters. The van der Waals surface area contributed by atoms with Gasteiger partial charge in [0, 0.05) is 6.54 Å². The number of amides is 1. The maximum Gasteiger partial charge on any atom is 0.309 e. The predicted octanol–water partition coefficient (Wildman–Crippen LogP) is 1.000. The van der Waals surface area contributed by atoms with Crippen LogP contribution in [0, 0.1) is 0 Å². The van der Waals surface area contributed by atoms with Gasteiger partial charge in [-0.15, -0.1) is 0 Å². The summed E-state index contributed by atoms with van der Waals surface area (Å²) in [6.45, 7) is 2.72. The van der Waals surface area contributed by atoms with Crippen molar-refractivity contribution in [2.24, 2.45) is 0 Å². The van der Waals surface area contributed by atoms with Crippen LogP contribution in [0.4, 0.5) is 0 Å². The van der Waals surface area contributed by atoms with Gasteiger partial charge >= 0.3 is 6.41 Å². The third-order valence-electron chi connectivity index (χ3n) is 0.914. The second-order valence-corrected chi connectivity index (χ2v) is 1.74. The maximum atomic E-state index is 9.57. The quantitative estimate of drug-likeness (QED) is 0.332. The normalized spacial score (nSPS) is 9.89. The monoisotopic (exact) mass is 126 g/mol. The fourth-order valence-corrected chi connectivity index (χ4v) is 0.468. The molecule has 9 heavy (non-hydrogen) atoms. The van der Waals surface area contributed by atoms with Crippen molar-refractivity contribution in [3.8, 4) is 0 Å². The van der Waals surface area contributed by atoms with Crippen molar-refractivity contribution in [3.63, 3.8) is 0 Å². The molecule has 0 saturated carbocycles. The molecule has 0 aromatic carbocycles. The fourth-order valence-electron chi connectivity index (χ4n) is 0.468. The van der Waals surface area contributed by atoms with Gasteiger partial charge in [-0.2, -0.15) is 0 Å². The zero-order valence-electron chi connectivity index (χ0n) is 5.68. The van der Waals surface area contributed by atoms with E-state index in [1.807, 2.05) is 12.2 Å². The van der Waals surface area contributed by atoms with Gasteiger partial charge in [-0.1, -0.05) is 25.5 Å². The Morgan fingerprint density at radius 2 is 2.33 bits per heavy atom. The van der Waals surface area contributed by atoms with E-state index in [0.717, 1.165) is 12.8 Å². The van der Waals surface area contributed by atoms with Crippen molar-refractivity contribution in [3.05, 3.63) is 12.2 Å². The first kappa shape index (κ1) is 8.21. The van der Waals surface area contributed by atoms with Crippen LogP contribution in [0.2, 0.25) is 0 Å². The molecule has 0 heterocycles. The highest BCUT2D eigenvalue weighted by molar-refractivity contribution is 5.47. The Morgan fingerprint density at radius 1 is 1.56 bits per heavy atom. The SMILES string of the molecule is CCCC=CCN[C]=O. The van der Waals surface area contributed by atoms with Crippen molar-refractivity contribution >= 4 is 6.41 Å². The number of unbranched alkanes of at least 4 members (excludes halogenated alkanes) is 1. The topological polar surface area (TPSA) is 29.1 Å². The number of rotatable bonds is 5. The van der Waals surface area contributed by atoms with Crippen LogP contribution in [0.25, 0.3) is 0 Å². The summed E-state index contributed by atoms with van der Waals surface area (Å²) in [5.41, 5.74) is 0. The number of allylic oxidation sites excluding steroid dienone is 1. The smallest absolute Gasteiger partial charge is 0.309 e. The van der Waals surface area contributed by atoms with E-state index >= 15 is 0 Å². The second kappa shape index (κ2) is 7.21. The van der Waals surface area contributed by atoms with E-state index in [2.05, 4.69) is 12.2 Å². The molecule has 0 fully saturated rings. The van der Waals surface area contributed by atoms with E-state index < -0.39 is 0 Å². The molecule has 2 heteroatoms. The third kappa shape index (κ3) is 7.21. The van der Waals surface area contributed by atoms with E-state index in [0.29, 0.717) is 6.54 Å². The summed E-state index contributed by atoms with van der Waals surface area (Å²) >= 11 is 0. The third-order valence-corrected chi connectivity index (χ3v) is 0.914. The molecule has 1 radical (unpaired) electrons. The molecule has 0 aliphatic heterocycles. The van der Waals surface area contributed by atoms with Crippen LogP contribution in [-0.2, 0) is 4.79 Å². The van der Waals surface area contributed by atoms with E-state index in [9.17, 15) is 4.79 Å². The van der Waals surface area contributed by atoms with Gasteiger partial charge in [-0.25, -0.2) is 0 Å². The molecule has 0 aromatic rings. The summed E-state index contributed by atoms with van der Waals surface area (Å²) in [5.74, 6) is 0. The molecule has 0 spiro atoms. The lowest BCUT2D eigenvalue weighted by molar-refractivity contribution is 0.546. The lowest BCUT2D eigenvalue weighted by Gasteiger charge is -1.86. The van der Waals surface area contributed by atoms with Crippen LogP contribution in [0.3, 0.4) is 0 Å². The maximum absolute atomic E-state index is 9.57. The van der Waals surface area contributed by atoms with Gasteiger partial charge in [0.15, 0.2) is 0 Å². The minimum atomic E-state index is 0.601. The minimum Gasteiger partial charge on any atom is -0.344 e. The molecule has 0 saturated heterocycles. The lowest BCUT2D eigenvalue weighted by atomic mass is 10.3. The Morgan fingerprint density at radius 3 is 2.89 bits per heavy atom. The molecular weight excluding hydrogens is 114 g/mol. The van der Waals surface area contributed by atoms with E-state index in [1.165, 1.54) is 0 Å². The molecule has 0 aromatic heterocycles. The Kier molecular flexibility index (Phi) is 6.58. The average molecular weight is 126 g/mol. The summed E-state index contributed by atoms with van der Waals surface area (Å²) in [4.78, 5) is 9.57. The van der Waals surface area contributed by atoms with Crippen molar-refractivity contribution in [2.75, 3.05) is 6.54 Å². The summed E-state index contributed by atoms with van der Waals surface area (Å²) in [6, 6.07) is 0. The van der Waals surface area contributed by atoms with Crippen molar-refractivity contribution in [1.29, 1.82) is 0 Å². The van der Waals surface area contributed by atoms with Crippen molar-refractivity contribution in [1.82, 2.24) is 5.32 Å². The molecule has 0 aliphatic rings. The number of carbonyl (C=O) groups excluding carboxylic acids is 1. The van der Waals surface area contributed by atoms with E-state index in [-0.39, 0.29) is 0 Å². The number of nitrogens with one attached hydrogen (secondary N) is 1. The largest absolute Gasteiger partial charge is 0.344 e. The minimum absolute atomic E-state index is 0.601. The molecule has 2 nitrogen and oxygen atoms in total. The highest BCUT2D eigenvalue weighted by Gasteiger charge is 1.74. The predicted molar refractivity (Wildman–Crippen MR) is 37.7 cm³/mol. The Hall–Kier alpha value is -0.790. The molecule has 1 amide bonds. The van der Waals surface area contributed by atoms with Crippen LogP contribution in [0.15, 0.2) is 12.2 Å². The van der Waals surface area contributed by atoms with Gasteiger partial charge in [0.2, 0.25) is 0 Å². The first-order valence-electron chi connectivity index (χ1n) is 3.16. The van der Waals surface area contributed by atoms with E-state index in [1.54, 1.807) is 6.41 Å². The number of hydrogen-bond acceptors (Lipinski definition) is 1. The highest BCUT2D eigenvalue weighted by atomic mass is 16.1.